The third kappa shape index (κ3) is 3.30. The van der Waals surface area contributed by atoms with E-state index in [0.717, 1.165) is 5.69 Å². The number of nitrogens with zero attached hydrogens (tertiary/aromatic N) is 1. The molecule has 0 saturated heterocycles. The first-order chi connectivity index (χ1) is 9.90. The number of ketones is 1. The second-order valence-electron chi connectivity index (χ2n) is 5.46. The molecule has 2 aromatic rings. The Balaban J connectivity index is 2.39. The smallest absolute Gasteiger partial charge is 0.161 e. The monoisotopic (exact) mass is 285 g/mol. The largest absolute Gasteiger partial charge is 0.370 e. The second kappa shape index (κ2) is 6.08. The van der Waals surface area contributed by atoms with Crippen molar-refractivity contribution in [1.82, 2.24) is 0 Å². The zero-order valence-electron chi connectivity index (χ0n) is 12.9. The van der Waals surface area contributed by atoms with E-state index in [1.807, 2.05) is 24.1 Å². The summed E-state index contributed by atoms with van der Waals surface area (Å²) >= 11 is 0. The Labute approximate surface area is 125 Å². The van der Waals surface area contributed by atoms with Crippen LogP contribution in [-0.4, -0.2) is 12.8 Å². The molecule has 2 nitrogen and oxygen atoms in total. The number of halogens is 1. The molecule has 0 fully saturated rings. The molecule has 2 rings (SSSR count). The van der Waals surface area contributed by atoms with Crippen LogP contribution in [0.3, 0.4) is 0 Å². The molecule has 0 aliphatic carbocycles. The highest BCUT2D eigenvalue weighted by molar-refractivity contribution is 5.99. The number of carbonyl (C=O) groups excluding carboxylic acids is 1. The molecule has 2 aromatic carbocycles. The second-order valence-corrected chi connectivity index (χ2v) is 5.46. The van der Waals surface area contributed by atoms with Crippen molar-refractivity contribution in [3.05, 3.63) is 64.5 Å². The topological polar surface area (TPSA) is 20.3 Å². The van der Waals surface area contributed by atoms with E-state index < -0.39 is 0 Å². The summed E-state index contributed by atoms with van der Waals surface area (Å²) < 4.78 is 13.7. The summed E-state index contributed by atoms with van der Waals surface area (Å²) in [4.78, 5) is 13.8. The van der Waals surface area contributed by atoms with E-state index in [-0.39, 0.29) is 11.6 Å². The maximum Gasteiger partial charge on any atom is 0.161 e. The van der Waals surface area contributed by atoms with Crippen LogP contribution < -0.4 is 4.90 Å². The summed E-state index contributed by atoms with van der Waals surface area (Å²) in [5, 5.41) is 0. The Morgan fingerprint density at radius 3 is 2.43 bits per heavy atom. The Hall–Kier alpha value is -2.16. The third-order valence-electron chi connectivity index (χ3n) is 3.74. The quantitative estimate of drug-likeness (QED) is 0.781. The summed E-state index contributed by atoms with van der Waals surface area (Å²) in [6.45, 7) is 5.92. The average Bonchev–Trinajstić information content (AvgIpc) is 2.43. The number of carbonyl (C=O) groups is 1. The molecule has 0 atom stereocenters. The van der Waals surface area contributed by atoms with Crippen molar-refractivity contribution in [1.29, 1.82) is 0 Å². The minimum atomic E-state index is -0.340. The molecule has 0 bridgehead atoms. The van der Waals surface area contributed by atoms with Gasteiger partial charge in [-0.25, -0.2) is 4.39 Å². The summed E-state index contributed by atoms with van der Waals surface area (Å²) in [5.41, 5.74) is 4.13. The summed E-state index contributed by atoms with van der Waals surface area (Å²) in [6.07, 6.45) is 0. The number of anilines is 1. The van der Waals surface area contributed by atoms with Gasteiger partial charge in [-0.2, -0.15) is 0 Å². The van der Waals surface area contributed by atoms with E-state index in [4.69, 9.17) is 0 Å². The van der Waals surface area contributed by atoms with Crippen LogP contribution in [0.25, 0.3) is 0 Å². The summed E-state index contributed by atoms with van der Waals surface area (Å²) in [5.74, 6) is -0.464. The number of benzene rings is 2. The van der Waals surface area contributed by atoms with Crippen LogP contribution in [0.4, 0.5) is 10.1 Å². The van der Waals surface area contributed by atoms with Crippen molar-refractivity contribution in [3.8, 4) is 0 Å². The molecular weight excluding hydrogens is 265 g/mol. The van der Waals surface area contributed by atoms with Crippen molar-refractivity contribution >= 4 is 11.5 Å². The fourth-order valence-electron chi connectivity index (χ4n) is 2.39. The van der Waals surface area contributed by atoms with Crippen molar-refractivity contribution < 1.29 is 9.18 Å². The molecule has 0 amide bonds. The first kappa shape index (κ1) is 15.2. The van der Waals surface area contributed by atoms with Gasteiger partial charge in [-0.05, 0) is 49.6 Å². The molecule has 3 heteroatoms. The maximum absolute atomic E-state index is 13.7. The van der Waals surface area contributed by atoms with Crippen molar-refractivity contribution in [2.45, 2.75) is 27.3 Å². The van der Waals surface area contributed by atoms with E-state index in [0.29, 0.717) is 17.7 Å². The highest BCUT2D eigenvalue weighted by atomic mass is 19.1. The van der Waals surface area contributed by atoms with E-state index in [1.54, 1.807) is 13.0 Å². The van der Waals surface area contributed by atoms with Gasteiger partial charge in [0.05, 0.1) is 0 Å². The third-order valence-corrected chi connectivity index (χ3v) is 3.74. The van der Waals surface area contributed by atoms with Gasteiger partial charge in [0, 0.05) is 24.8 Å². The van der Waals surface area contributed by atoms with Gasteiger partial charge in [-0.1, -0.05) is 24.3 Å². The Morgan fingerprint density at radius 1 is 1.14 bits per heavy atom. The van der Waals surface area contributed by atoms with Crippen molar-refractivity contribution in [3.63, 3.8) is 0 Å². The van der Waals surface area contributed by atoms with Crippen molar-refractivity contribution in [2.75, 3.05) is 11.9 Å². The molecule has 0 spiro atoms. The Kier molecular flexibility index (Phi) is 4.41. The van der Waals surface area contributed by atoms with Gasteiger partial charge >= 0.3 is 0 Å². The predicted molar refractivity (Wildman–Crippen MR) is 84.4 cm³/mol. The standard InChI is InChI=1S/C18H20FNO/c1-12-7-5-6-8-15(12)11-20(4)18-9-13(2)17(19)10-16(18)14(3)21/h5-10H,11H2,1-4H3. The maximum atomic E-state index is 13.7. The van der Waals surface area contributed by atoms with Gasteiger partial charge in [0.2, 0.25) is 0 Å². The number of Topliss-reactive ketones (excluding diaryl/α,β-unsaturated/α-hetero) is 1. The lowest BCUT2D eigenvalue weighted by atomic mass is 10.0. The molecule has 0 saturated carbocycles. The fourth-order valence-corrected chi connectivity index (χ4v) is 2.39. The minimum absolute atomic E-state index is 0.125. The van der Waals surface area contributed by atoms with Crippen molar-refractivity contribution in [2.24, 2.45) is 0 Å². The zero-order valence-corrected chi connectivity index (χ0v) is 12.9. The lowest BCUT2D eigenvalue weighted by molar-refractivity contribution is 0.101. The first-order valence-electron chi connectivity index (χ1n) is 6.97. The first-order valence-corrected chi connectivity index (χ1v) is 6.97. The van der Waals surface area contributed by atoms with Crippen LogP contribution >= 0.6 is 0 Å². The zero-order chi connectivity index (χ0) is 15.6. The molecule has 110 valence electrons. The molecule has 0 radical (unpaired) electrons. The molecule has 0 heterocycles. The molecule has 21 heavy (non-hydrogen) atoms. The lowest BCUT2D eigenvalue weighted by Crippen LogP contribution is -2.20. The lowest BCUT2D eigenvalue weighted by Gasteiger charge is -2.23. The minimum Gasteiger partial charge on any atom is -0.370 e. The fraction of sp³-hybridized carbons (Fsp3) is 0.278. The van der Waals surface area contributed by atoms with Crippen LogP contribution in [0, 0.1) is 19.7 Å². The van der Waals surface area contributed by atoms with Gasteiger partial charge in [0.25, 0.3) is 0 Å². The number of aryl methyl sites for hydroxylation is 2. The molecule has 0 aliphatic rings. The highest BCUT2D eigenvalue weighted by Gasteiger charge is 2.15. The van der Waals surface area contributed by atoms with Crippen LogP contribution in [0.5, 0.6) is 0 Å². The molecule has 0 aliphatic heterocycles. The van der Waals surface area contributed by atoms with Gasteiger partial charge in [-0.15, -0.1) is 0 Å². The van der Waals surface area contributed by atoms with Crippen LogP contribution in [0.1, 0.15) is 34.0 Å². The molecule has 0 unspecified atom stereocenters. The summed E-state index contributed by atoms with van der Waals surface area (Å²) in [6, 6.07) is 11.2. The molecule has 0 N–H and O–H groups in total. The molecule has 0 aromatic heterocycles. The van der Waals surface area contributed by atoms with Gasteiger partial charge in [-0.3, -0.25) is 4.79 Å². The Bertz CT molecular complexity index is 679. The van der Waals surface area contributed by atoms with E-state index >= 15 is 0 Å². The molecular formula is C18H20FNO. The summed E-state index contributed by atoms with van der Waals surface area (Å²) in [7, 11) is 1.92. The average molecular weight is 285 g/mol. The number of hydrogen-bond acceptors (Lipinski definition) is 2. The van der Waals surface area contributed by atoms with Gasteiger partial charge in [0.15, 0.2) is 5.78 Å². The van der Waals surface area contributed by atoms with E-state index in [2.05, 4.69) is 19.1 Å². The van der Waals surface area contributed by atoms with E-state index in [1.165, 1.54) is 24.1 Å². The van der Waals surface area contributed by atoms with Gasteiger partial charge in [0.1, 0.15) is 5.82 Å². The SMILES string of the molecule is CC(=O)c1cc(F)c(C)cc1N(C)Cc1ccccc1C. The highest BCUT2D eigenvalue weighted by Crippen LogP contribution is 2.26. The van der Waals surface area contributed by atoms with Crippen LogP contribution in [0.15, 0.2) is 36.4 Å². The number of rotatable bonds is 4. The van der Waals surface area contributed by atoms with Crippen LogP contribution in [-0.2, 0) is 6.54 Å². The number of hydrogen-bond donors (Lipinski definition) is 0. The predicted octanol–water partition coefficient (Wildman–Crippen LogP) is 4.28. The van der Waals surface area contributed by atoms with Gasteiger partial charge < -0.3 is 4.90 Å². The normalized spacial score (nSPS) is 10.5. The Morgan fingerprint density at radius 2 is 1.81 bits per heavy atom. The van der Waals surface area contributed by atoms with Crippen LogP contribution in [0.2, 0.25) is 0 Å². The van der Waals surface area contributed by atoms with E-state index in [9.17, 15) is 9.18 Å².